The zero-order valence-corrected chi connectivity index (χ0v) is 16.2. The second kappa shape index (κ2) is 7.21. The lowest BCUT2D eigenvalue weighted by Gasteiger charge is -2.24. The molecule has 136 valence electrons. The van der Waals surface area contributed by atoms with Gasteiger partial charge in [-0.3, -0.25) is 4.79 Å². The lowest BCUT2D eigenvalue weighted by molar-refractivity contribution is -0.116. The molecule has 1 aliphatic heterocycles. The summed E-state index contributed by atoms with van der Waals surface area (Å²) >= 11 is 2.92. The highest BCUT2D eigenvalue weighted by Gasteiger charge is 2.34. The van der Waals surface area contributed by atoms with Gasteiger partial charge in [0.1, 0.15) is 4.88 Å². The molecule has 4 rings (SSSR count). The van der Waals surface area contributed by atoms with Gasteiger partial charge in [-0.1, -0.05) is 42.5 Å². The van der Waals surface area contributed by atoms with Gasteiger partial charge in [0.2, 0.25) is 5.91 Å². The van der Waals surface area contributed by atoms with E-state index in [9.17, 15) is 14.7 Å². The minimum absolute atomic E-state index is 0.0895. The molecule has 4 nitrogen and oxygen atoms in total. The Morgan fingerprint density at radius 1 is 1.15 bits per heavy atom. The molecule has 2 aromatic carbocycles. The van der Waals surface area contributed by atoms with Gasteiger partial charge in [-0.2, -0.15) is 0 Å². The number of thiophene rings is 1. The highest BCUT2D eigenvalue weighted by molar-refractivity contribution is 7.98. The number of carboxylic acids is 1. The number of aromatic carboxylic acids is 1. The second-order valence-corrected chi connectivity index (χ2v) is 8.23. The Morgan fingerprint density at radius 2 is 1.85 bits per heavy atom. The average molecular weight is 396 g/mol. The number of thioether (sulfide) groups is 1. The number of carbonyl (C=O) groups excluding carboxylic acids is 1. The number of fused-ring (bicyclic) bond motifs is 1. The summed E-state index contributed by atoms with van der Waals surface area (Å²) in [5, 5.41) is 12.7. The van der Waals surface area contributed by atoms with Crippen LogP contribution in [-0.4, -0.2) is 23.2 Å². The third kappa shape index (κ3) is 3.26. The zero-order valence-electron chi connectivity index (χ0n) is 14.6. The quantitative estimate of drug-likeness (QED) is 0.588. The van der Waals surface area contributed by atoms with Gasteiger partial charge >= 0.3 is 5.97 Å². The van der Waals surface area contributed by atoms with Crippen LogP contribution in [0.4, 0.5) is 5.69 Å². The van der Waals surface area contributed by atoms with Crippen LogP contribution in [0.1, 0.15) is 32.5 Å². The largest absolute Gasteiger partial charge is 0.477 e. The van der Waals surface area contributed by atoms with Crippen LogP contribution in [0.3, 0.4) is 0 Å². The summed E-state index contributed by atoms with van der Waals surface area (Å²) in [6, 6.07) is 17.5. The first-order valence-electron chi connectivity index (χ1n) is 8.47. The molecule has 0 radical (unpaired) electrons. The summed E-state index contributed by atoms with van der Waals surface area (Å²) in [6.07, 6.45) is 2.34. The van der Waals surface area contributed by atoms with Crippen LogP contribution in [0.25, 0.3) is 11.1 Å². The minimum Gasteiger partial charge on any atom is -0.477 e. The molecule has 0 fully saturated rings. The average Bonchev–Trinajstić information content (AvgIpc) is 3.07. The molecule has 1 aromatic heterocycles. The topological polar surface area (TPSA) is 66.4 Å². The van der Waals surface area contributed by atoms with Crippen molar-refractivity contribution in [3.05, 3.63) is 69.9 Å². The fraction of sp³-hybridized carbons (Fsp3) is 0.143. The number of rotatable bonds is 4. The summed E-state index contributed by atoms with van der Waals surface area (Å²) in [5.74, 6) is -1.20. The first-order chi connectivity index (χ1) is 13.1. The summed E-state index contributed by atoms with van der Waals surface area (Å²) in [6.45, 7) is 0. The monoisotopic (exact) mass is 395 g/mol. The molecule has 0 saturated heterocycles. The predicted octanol–water partition coefficient (Wildman–Crippen LogP) is 5.31. The van der Waals surface area contributed by atoms with E-state index >= 15 is 0 Å². The molecular weight excluding hydrogens is 378 g/mol. The van der Waals surface area contributed by atoms with Crippen molar-refractivity contribution in [3.8, 4) is 11.1 Å². The molecule has 1 aliphatic rings. The predicted molar refractivity (Wildman–Crippen MR) is 110 cm³/mol. The Hall–Kier alpha value is -2.57. The van der Waals surface area contributed by atoms with Gasteiger partial charge in [0, 0.05) is 27.7 Å². The Labute approximate surface area is 165 Å². The zero-order chi connectivity index (χ0) is 19.0. The molecule has 6 heteroatoms. The van der Waals surface area contributed by atoms with Gasteiger partial charge in [0.25, 0.3) is 0 Å². The molecule has 2 heterocycles. The summed E-state index contributed by atoms with van der Waals surface area (Å²) in [7, 11) is 0. The van der Waals surface area contributed by atoms with E-state index < -0.39 is 5.97 Å². The molecule has 2 N–H and O–H groups in total. The molecule has 1 atom stereocenters. The van der Waals surface area contributed by atoms with Gasteiger partial charge in [-0.25, -0.2) is 4.79 Å². The van der Waals surface area contributed by atoms with Crippen molar-refractivity contribution >= 4 is 40.7 Å². The van der Waals surface area contributed by atoms with Crippen LogP contribution in [0.5, 0.6) is 0 Å². The number of amides is 1. The summed E-state index contributed by atoms with van der Waals surface area (Å²) in [5.41, 5.74) is 3.06. The van der Waals surface area contributed by atoms with E-state index in [0.29, 0.717) is 17.7 Å². The maximum atomic E-state index is 12.4. The van der Waals surface area contributed by atoms with Gasteiger partial charge in [-0.05, 0) is 29.5 Å². The molecule has 0 aliphatic carbocycles. The first kappa shape index (κ1) is 17.8. The van der Waals surface area contributed by atoms with Crippen LogP contribution >= 0.6 is 23.1 Å². The van der Waals surface area contributed by atoms with Crippen LogP contribution in [0, 0.1) is 0 Å². The fourth-order valence-electron chi connectivity index (χ4n) is 3.42. The normalized spacial score (nSPS) is 15.9. The third-order valence-electron chi connectivity index (χ3n) is 4.68. The lowest BCUT2D eigenvalue weighted by Crippen LogP contribution is -2.22. The standard InChI is InChI=1S/C21H17NO3S2/c1-26-14-9-7-12(8-10-14)15-11-16(23)22-18-17(13-5-3-2-4-6-13)20(21(24)25)27-19(15)18/h2-10,15H,11H2,1H3,(H,22,23)(H,24,25)/t15-/m0/s1. The maximum absolute atomic E-state index is 12.4. The first-order valence-corrected chi connectivity index (χ1v) is 10.5. The van der Waals surface area contributed by atoms with Gasteiger partial charge in [-0.15, -0.1) is 23.1 Å². The number of hydrogen-bond donors (Lipinski definition) is 2. The van der Waals surface area contributed by atoms with Gasteiger partial charge in [0.15, 0.2) is 0 Å². The van der Waals surface area contributed by atoms with Crippen molar-refractivity contribution in [1.82, 2.24) is 0 Å². The van der Waals surface area contributed by atoms with E-state index in [1.165, 1.54) is 11.3 Å². The molecule has 3 aromatic rings. The minimum atomic E-state index is -0.973. The van der Waals surface area contributed by atoms with Crippen molar-refractivity contribution in [3.63, 3.8) is 0 Å². The molecule has 27 heavy (non-hydrogen) atoms. The fourth-order valence-corrected chi connectivity index (χ4v) is 5.08. The van der Waals surface area contributed by atoms with Crippen molar-refractivity contribution in [1.29, 1.82) is 0 Å². The summed E-state index contributed by atoms with van der Waals surface area (Å²) < 4.78 is 0. The van der Waals surface area contributed by atoms with Crippen LogP contribution in [0.15, 0.2) is 59.5 Å². The molecule has 0 spiro atoms. The summed E-state index contributed by atoms with van der Waals surface area (Å²) in [4.78, 5) is 26.7. The number of carbonyl (C=O) groups is 2. The molecular formula is C21H17NO3S2. The number of carboxylic acid groups (broad SMARTS) is 1. The molecule has 1 amide bonds. The number of hydrogen-bond acceptors (Lipinski definition) is 4. The van der Waals surface area contributed by atoms with Gasteiger partial charge < -0.3 is 10.4 Å². The second-order valence-electron chi connectivity index (χ2n) is 6.29. The van der Waals surface area contributed by atoms with E-state index in [4.69, 9.17) is 0 Å². The number of anilines is 1. The van der Waals surface area contributed by atoms with Crippen LogP contribution < -0.4 is 5.32 Å². The van der Waals surface area contributed by atoms with Crippen molar-refractivity contribution < 1.29 is 14.7 Å². The van der Waals surface area contributed by atoms with Crippen LogP contribution in [-0.2, 0) is 4.79 Å². The SMILES string of the molecule is CSc1ccc([C@@H]2CC(=O)Nc3c2sc(C(=O)O)c3-c2ccccc2)cc1. The Kier molecular flexibility index (Phi) is 4.76. The van der Waals surface area contributed by atoms with Gasteiger partial charge in [0.05, 0.1) is 5.69 Å². The van der Waals surface area contributed by atoms with Crippen molar-refractivity contribution in [2.45, 2.75) is 17.2 Å². The molecule has 0 unspecified atom stereocenters. The Bertz CT molecular complexity index is 1010. The smallest absolute Gasteiger partial charge is 0.346 e. The Balaban J connectivity index is 1.89. The third-order valence-corrected chi connectivity index (χ3v) is 6.72. The van der Waals surface area contributed by atoms with Crippen molar-refractivity contribution in [2.24, 2.45) is 0 Å². The van der Waals surface area contributed by atoms with E-state index in [1.54, 1.807) is 11.8 Å². The lowest BCUT2D eigenvalue weighted by atomic mass is 9.89. The highest BCUT2D eigenvalue weighted by atomic mass is 32.2. The highest BCUT2D eigenvalue weighted by Crippen LogP contribution is 2.49. The molecule has 0 bridgehead atoms. The van der Waals surface area contributed by atoms with E-state index in [0.717, 1.165) is 20.9 Å². The van der Waals surface area contributed by atoms with E-state index in [1.807, 2.05) is 60.9 Å². The Morgan fingerprint density at radius 3 is 2.48 bits per heavy atom. The maximum Gasteiger partial charge on any atom is 0.346 e. The van der Waals surface area contributed by atoms with E-state index in [2.05, 4.69) is 5.32 Å². The number of benzene rings is 2. The number of nitrogens with one attached hydrogen (secondary N) is 1. The molecule has 0 saturated carbocycles. The van der Waals surface area contributed by atoms with Crippen LogP contribution in [0.2, 0.25) is 0 Å². The van der Waals surface area contributed by atoms with Crippen molar-refractivity contribution in [2.75, 3.05) is 11.6 Å². The van der Waals surface area contributed by atoms with E-state index in [-0.39, 0.29) is 16.7 Å².